The van der Waals surface area contributed by atoms with Crippen LogP contribution in [0.4, 0.5) is 0 Å². The number of ether oxygens (including phenoxy) is 7. The number of ketones is 1. The molecule has 9 atom stereocenters. The predicted octanol–water partition coefficient (Wildman–Crippen LogP) is 5.44. The molecule has 314 valence electrons. The van der Waals surface area contributed by atoms with E-state index in [4.69, 9.17) is 42.5 Å². The molecule has 15 nitrogen and oxygen atoms in total. The number of carbonyl (C=O) groups is 2. The number of esters is 1. The quantitative estimate of drug-likeness (QED) is 0.233. The number of oxime groups is 1. The number of Topliss-reactive ketones (excluding diaryl/α,β-unsaturated/α-hetero) is 1. The van der Waals surface area contributed by atoms with Crippen LogP contribution in [-0.4, -0.2) is 102 Å². The van der Waals surface area contributed by atoms with Crippen LogP contribution < -0.4 is 18.9 Å². The molecule has 58 heavy (non-hydrogen) atoms. The number of aliphatic hydroxyl groups excluding tert-OH is 1. The summed E-state index contributed by atoms with van der Waals surface area (Å²) in [5, 5.41) is 34.4. The summed E-state index contributed by atoms with van der Waals surface area (Å²) in [7, 11) is 6.20. The smallest absolute Gasteiger partial charge is 0.303 e. The van der Waals surface area contributed by atoms with Gasteiger partial charge in [-0.3, -0.25) is 9.59 Å². The average molecular weight is 807 g/mol. The lowest BCUT2D eigenvalue weighted by molar-refractivity contribution is -0.384. The molecule has 2 aliphatic heterocycles. The van der Waals surface area contributed by atoms with Gasteiger partial charge in [0.1, 0.15) is 35.7 Å². The molecule has 0 radical (unpaired) electrons. The van der Waals surface area contributed by atoms with E-state index in [9.17, 15) is 15.0 Å². The molecule has 2 saturated carbocycles. The first-order chi connectivity index (χ1) is 27.4. The molecule has 0 amide bonds. The zero-order valence-corrected chi connectivity index (χ0v) is 34.7. The van der Waals surface area contributed by atoms with Crippen molar-refractivity contribution in [1.29, 1.82) is 0 Å². The first-order valence-electron chi connectivity index (χ1n) is 19.5. The summed E-state index contributed by atoms with van der Waals surface area (Å²) in [6, 6.07) is 12.5. The van der Waals surface area contributed by atoms with Crippen molar-refractivity contribution in [2.75, 3.05) is 28.4 Å². The molecule has 7 rings (SSSR count). The molecular formula is C43H54N2O13. The summed E-state index contributed by atoms with van der Waals surface area (Å²) in [5.41, 5.74) is -5.25. The van der Waals surface area contributed by atoms with Gasteiger partial charge in [-0.1, -0.05) is 31.1 Å². The Morgan fingerprint density at radius 3 is 2.14 bits per heavy atom. The maximum absolute atomic E-state index is 15.1. The third kappa shape index (κ3) is 6.32. The highest BCUT2D eigenvalue weighted by molar-refractivity contribution is 6.02. The van der Waals surface area contributed by atoms with Crippen molar-refractivity contribution in [3.63, 3.8) is 0 Å². The van der Waals surface area contributed by atoms with Crippen LogP contribution in [0.1, 0.15) is 78.5 Å². The van der Waals surface area contributed by atoms with E-state index in [1.807, 2.05) is 26.0 Å². The third-order valence-corrected chi connectivity index (χ3v) is 13.3. The summed E-state index contributed by atoms with van der Waals surface area (Å²) in [6.07, 6.45) is -3.42. The van der Waals surface area contributed by atoms with E-state index in [-0.39, 0.29) is 19.4 Å². The van der Waals surface area contributed by atoms with Crippen molar-refractivity contribution in [1.82, 2.24) is 5.16 Å². The maximum atomic E-state index is 15.1. The van der Waals surface area contributed by atoms with Gasteiger partial charge in [-0.15, -0.1) is 0 Å². The minimum absolute atomic E-state index is 0.0553. The molecule has 2 aromatic carbocycles. The zero-order chi connectivity index (χ0) is 42.0. The molecule has 3 heterocycles. The number of benzene rings is 2. The Morgan fingerprint density at radius 2 is 1.52 bits per heavy atom. The molecule has 3 aromatic rings. The van der Waals surface area contributed by atoms with Crippen LogP contribution in [0.15, 0.2) is 52.1 Å². The number of aliphatic hydroxyl groups is 2. The zero-order valence-electron chi connectivity index (χ0n) is 34.7. The van der Waals surface area contributed by atoms with E-state index < -0.39 is 69.7 Å². The molecule has 0 bridgehead atoms. The number of hydrogen-bond donors (Lipinski definition) is 2. The lowest BCUT2D eigenvalue weighted by atomic mass is 9.39. The normalized spacial score (nSPS) is 33.9. The van der Waals surface area contributed by atoms with Gasteiger partial charge in [0.05, 0.1) is 40.3 Å². The topological polar surface area (TPSA) is 187 Å². The Balaban J connectivity index is 1.22. The van der Waals surface area contributed by atoms with Crippen LogP contribution in [0.2, 0.25) is 0 Å². The molecule has 0 spiro atoms. The predicted molar refractivity (Wildman–Crippen MR) is 208 cm³/mol. The largest absolute Gasteiger partial charge is 0.493 e. The standard InChI is InChI=1S/C43H54N2O13/c1-23(46)55-36-37-39(2,3)16-15-34(54-22-26-19-27(44-56-26)24-11-13-29(50-7)31(17-24)52-9)41(37,5)43(49)33(47)21-40(4,58-42(43,6)38(36)48)35-20-28(45-57-35)25-12-14-30(51-8)32(18-25)53-10/h11-14,17-19,34-38,48-49H,15-16,20-22H2,1-10H3/t34-,35?,36-,37-,38-,40+,41-,42+,43-/m0/s1. The fraction of sp³-hybridized carbons (Fsp3) is 0.581. The van der Waals surface area contributed by atoms with Crippen LogP contribution in [0.3, 0.4) is 0 Å². The van der Waals surface area contributed by atoms with Crippen molar-refractivity contribution < 1.29 is 62.3 Å². The van der Waals surface area contributed by atoms with Crippen LogP contribution >= 0.6 is 0 Å². The number of methoxy groups -OCH3 is 4. The van der Waals surface area contributed by atoms with Gasteiger partial charge >= 0.3 is 5.97 Å². The molecule has 1 aromatic heterocycles. The molecule has 1 saturated heterocycles. The first kappa shape index (κ1) is 41.5. The second-order valence-corrected chi connectivity index (χ2v) is 17.1. The highest BCUT2D eigenvalue weighted by atomic mass is 16.7. The Morgan fingerprint density at radius 1 is 0.897 bits per heavy atom. The lowest BCUT2D eigenvalue weighted by Crippen LogP contribution is -2.87. The van der Waals surface area contributed by atoms with E-state index in [0.717, 1.165) is 11.1 Å². The van der Waals surface area contributed by atoms with Gasteiger partial charge in [-0.05, 0) is 68.5 Å². The SMILES string of the molecule is COc1ccc(C2=NOC([C@@]3(C)CC(=O)[C@]4(O)[C@@]5(C)[C@@H](OCc6cc(-c7ccc(OC)c(OC)c7)no6)CCC(C)(C)[C@@H]5[C@H](OC(C)=O)[C@H](O)[C@@]4(C)O3)C2)cc1OC. The van der Waals surface area contributed by atoms with Crippen molar-refractivity contribution in [2.45, 2.75) is 115 Å². The second-order valence-electron chi connectivity index (χ2n) is 17.1. The number of carbonyl (C=O) groups excluding carboxylic acids is 2. The van der Waals surface area contributed by atoms with Crippen LogP contribution in [0.25, 0.3) is 11.3 Å². The number of nitrogens with zero attached hydrogens (tertiary/aromatic N) is 2. The van der Waals surface area contributed by atoms with Crippen molar-refractivity contribution >= 4 is 17.5 Å². The molecule has 15 heteroatoms. The van der Waals surface area contributed by atoms with E-state index in [1.165, 1.54) is 13.8 Å². The summed E-state index contributed by atoms with van der Waals surface area (Å²) >= 11 is 0. The van der Waals surface area contributed by atoms with E-state index in [1.54, 1.807) is 72.6 Å². The Labute approximate surface area is 337 Å². The van der Waals surface area contributed by atoms with E-state index in [0.29, 0.717) is 53.0 Å². The minimum atomic E-state index is -2.33. The fourth-order valence-corrected chi connectivity index (χ4v) is 10.5. The Hall–Kier alpha value is -4.70. The van der Waals surface area contributed by atoms with Gasteiger partial charge in [0.25, 0.3) is 0 Å². The van der Waals surface area contributed by atoms with Crippen LogP contribution in [0.5, 0.6) is 23.0 Å². The van der Waals surface area contributed by atoms with Crippen molar-refractivity contribution in [2.24, 2.45) is 21.9 Å². The number of hydrogen-bond acceptors (Lipinski definition) is 15. The van der Waals surface area contributed by atoms with Crippen molar-refractivity contribution in [3.05, 3.63) is 53.8 Å². The minimum Gasteiger partial charge on any atom is -0.493 e. The van der Waals surface area contributed by atoms with Crippen molar-refractivity contribution in [3.8, 4) is 34.3 Å². The summed E-state index contributed by atoms with van der Waals surface area (Å²) < 4.78 is 47.0. The summed E-state index contributed by atoms with van der Waals surface area (Å²) in [6.45, 7) is 10.2. The molecule has 3 fully saturated rings. The second kappa shape index (κ2) is 14.8. The fourth-order valence-electron chi connectivity index (χ4n) is 10.5. The van der Waals surface area contributed by atoms with E-state index in [2.05, 4.69) is 10.3 Å². The average Bonchev–Trinajstić information content (AvgIpc) is 3.89. The maximum Gasteiger partial charge on any atom is 0.303 e. The van der Waals surface area contributed by atoms with E-state index >= 15 is 4.79 Å². The van der Waals surface area contributed by atoms with Gasteiger partial charge in [-0.25, -0.2) is 0 Å². The highest BCUT2D eigenvalue weighted by Crippen LogP contribution is 2.68. The third-order valence-electron chi connectivity index (χ3n) is 13.3. The number of rotatable bonds is 11. The van der Waals surface area contributed by atoms with Gasteiger partial charge in [0, 0.05) is 48.3 Å². The number of aromatic nitrogens is 1. The Bertz CT molecular complexity index is 2100. The van der Waals surface area contributed by atoms with Crippen LogP contribution in [-0.2, 0) is 35.2 Å². The molecule has 1 unspecified atom stereocenters. The molecule has 2 aliphatic carbocycles. The lowest BCUT2D eigenvalue weighted by Gasteiger charge is -2.71. The monoisotopic (exact) mass is 806 g/mol. The highest BCUT2D eigenvalue weighted by Gasteiger charge is 2.82. The molecular weight excluding hydrogens is 752 g/mol. The van der Waals surface area contributed by atoms with Crippen LogP contribution in [0, 0.1) is 16.7 Å². The molecule has 2 N–H and O–H groups in total. The Kier molecular flexibility index (Phi) is 10.6. The summed E-state index contributed by atoms with van der Waals surface area (Å²) in [5.74, 6) is 0.632. The first-order valence-corrected chi connectivity index (χ1v) is 19.5. The van der Waals surface area contributed by atoms with Gasteiger partial charge in [0.2, 0.25) is 0 Å². The van der Waals surface area contributed by atoms with Gasteiger partial charge < -0.3 is 52.7 Å². The number of fused-ring (bicyclic) bond motifs is 3. The van der Waals surface area contributed by atoms with Gasteiger partial charge in [0.15, 0.2) is 46.2 Å². The summed E-state index contributed by atoms with van der Waals surface area (Å²) in [4.78, 5) is 33.9. The van der Waals surface area contributed by atoms with Gasteiger partial charge in [-0.2, -0.15) is 0 Å². The molecule has 4 aliphatic rings.